The Morgan fingerprint density at radius 1 is 0.543 bits per heavy atom. The fraction of sp³-hybridized carbons (Fsp3) is 0.889. The molecule has 0 aliphatic heterocycles. The van der Waals surface area contributed by atoms with Gasteiger partial charge in [-0.05, 0) is 101 Å². The lowest BCUT2D eigenvalue weighted by molar-refractivity contribution is -0.162. The molecule has 266 valence electrons. The summed E-state index contributed by atoms with van der Waals surface area (Å²) in [6, 6.07) is 0. The number of rotatable bonds is 15. The number of carbonyl (C=O) groups excluding carboxylic acids is 3. The number of aliphatic carboxylic acids is 1. The van der Waals surface area contributed by atoms with Crippen LogP contribution in [0.15, 0.2) is 0 Å². The highest BCUT2D eigenvalue weighted by molar-refractivity contribution is 5.73. The van der Waals surface area contributed by atoms with Gasteiger partial charge in [-0.3, -0.25) is 29.0 Å². The van der Waals surface area contributed by atoms with Crippen LogP contribution in [0, 0.1) is 0 Å². The van der Waals surface area contributed by atoms with Crippen LogP contribution in [0.5, 0.6) is 0 Å². The lowest BCUT2D eigenvalue weighted by Gasteiger charge is -2.50. The molecule has 0 heterocycles. The molecule has 0 bridgehead atoms. The maximum Gasteiger partial charge on any atom is 0.320 e. The summed E-state index contributed by atoms with van der Waals surface area (Å²) in [5.41, 5.74) is -2.75. The first-order valence-corrected chi connectivity index (χ1v) is 17.5. The molecule has 2 aliphatic rings. The van der Waals surface area contributed by atoms with Crippen LogP contribution in [0.2, 0.25) is 0 Å². The summed E-state index contributed by atoms with van der Waals surface area (Å²) in [6.45, 7) is 17.7. The van der Waals surface area contributed by atoms with Crippen molar-refractivity contribution < 1.29 is 38.5 Å². The molecule has 2 fully saturated rings. The molecule has 1 N–H and O–H groups in total. The third-order valence-electron chi connectivity index (χ3n) is 9.05. The van der Waals surface area contributed by atoms with Crippen molar-refractivity contribution in [2.45, 2.75) is 180 Å². The Labute approximate surface area is 278 Å². The van der Waals surface area contributed by atoms with Crippen molar-refractivity contribution in [3.8, 4) is 0 Å². The molecule has 0 radical (unpaired) electrons. The largest absolute Gasteiger partial charge is 0.481 e. The van der Waals surface area contributed by atoms with Crippen molar-refractivity contribution in [3.63, 3.8) is 0 Å². The molecule has 10 nitrogen and oxygen atoms in total. The standard InChI is InChI=1S/C36H64N2O8/c1-32(2,3)44-29(41)17-23-36(20-14-11-15-21-36)38(27-31(43)46-34(7,8)9)25-24-37(26-30(42)45-33(4,5)6)35(22-16-28(39)40)18-12-10-13-19-35/h10-27H2,1-9H3,(H,39,40). The van der Waals surface area contributed by atoms with Gasteiger partial charge in [0.15, 0.2) is 0 Å². The minimum Gasteiger partial charge on any atom is -0.481 e. The smallest absolute Gasteiger partial charge is 0.320 e. The summed E-state index contributed by atoms with van der Waals surface area (Å²) < 4.78 is 17.2. The third-order valence-corrected chi connectivity index (χ3v) is 9.05. The summed E-state index contributed by atoms with van der Waals surface area (Å²) in [6.07, 6.45) is 10.6. The van der Waals surface area contributed by atoms with Gasteiger partial charge in [-0.2, -0.15) is 0 Å². The van der Waals surface area contributed by atoms with E-state index in [0.29, 0.717) is 25.9 Å². The summed E-state index contributed by atoms with van der Waals surface area (Å²) in [5, 5.41) is 9.66. The van der Waals surface area contributed by atoms with Gasteiger partial charge in [-0.25, -0.2) is 0 Å². The molecule has 0 aromatic heterocycles. The van der Waals surface area contributed by atoms with Crippen molar-refractivity contribution in [1.29, 1.82) is 0 Å². The summed E-state index contributed by atoms with van der Waals surface area (Å²) >= 11 is 0. The van der Waals surface area contributed by atoms with Crippen molar-refractivity contribution in [3.05, 3.63) is 0 Å². The first-order chi connectivity index (χ1) is 21.1. The summed E-state index contributed by atoms with van der Waals surface area (Å²) in [4.78, 5) is 55.7. The highest BCUT2D eigenvalue weighted by atomic mass is 16.6. The predicted octanol–water partition coefficient (Wildman–Crippen LogP) is 6.67. The minimum absolute atomic E-state index is 0.0201. The number of hydrogen-bond donors (Lipinski definition) is 1. The van der Waals surface area contributed by atoms with Gasteiger partial charge < -0.3 is 19.3 Å². The maximum atomic E-state index is 13.4. The topological polar surface area (TPSA) is 123 Å². The van der Waals surface area contributed by atoms with Crippen LogP contribution in [0.1, 0.15) is 152 Å². The number of hydrogen-bond acceptors (Lipinski definition) is 9. The van der Waals surface area contributed by atoms with Gasteiger partial charge in [0.1, 0.15) is 16.8 Å². The maximum absolute atomic E-state index is 13.4. The Balaban J connectivity index is 2.47. The number of carboxylic acids is 1. The average Bonchev–Trinajstić information content (AvgIpc) is 2.90. The molecule has 0 amide bonds. The zero-order chi connectivity index (χ0) is 34.8. The van der Waals surface area contributed by atoms with Crippen molar-refractivity contribution in [2.24, 2.45) is 0 Å². The fourth-order valence-electron chi connectivity index (χ4n) is 7.20. The van der Waals surface area contributed by atoms with Crippen LogP contribution < -0.4 is 0 Å². The number of carbonyl (C=O) groups is 4. The lowest BCUT2D eigenvalue weighted by Crippen LogP contribution is -2.58. The van der Waals surface area contributed by atoms with Gasteiger partial charge in [-0.1, -0.05) is 38.5 Å². The Morgan fingerprint density at radius 3 is 1.20 bits per heavy atom. The SMILES string of the molecule is CC(C)(C)OC(=O)CCC1(N(CCN(CC(=O)OC(C)(C)C)C2(CCC(=O)O)CCCCC2)CC(=O)OC(C)(C)C)CCCCC1. The molecule has 0 saturated heterocycles. The van der Waals surface area contributed by atoms with Crippen LogP contribution in [0.25, 0.3) is 0 Å². The third kappa shape index (κ3) is 14.3. The average molecular weight is 653 g/mol. The van der Waals surface area contributed by atoms with Gasteiger partial charge in [0.2, 0.25) is 0 Å². The van der Waals surface area contributed by atoms with Gasteiger partial charge in [0.25, 0.3) is 0 Å². The van der Waals surface area contributed by atoms with Crippen molar-refractivity contribution >= 4 is 23.9 Å². The van der Waals surface area contributed by atoms with E-state index in [1.807, 2.05) is 62.3 Å². The van der Waals surface area contributed by atoms with E-state index in [1.165, 1.54) is 0 Å². The molecule has 0 spiro atoms. The first kappa shape index (κ1) is 40.0. The Morgan fingerprint density at radius 2 is 0.870 bits per heavy atom. The molecule has 0 aromatic rings. The minimum atomic E-state index is -0.850. The van der Waals surface area contributed by atoms with Crippen molar-refractivity contribution in [1.82, 2.24) is 9.80 Å². The highest BCUT2D eigenvalue weighted by Crippen LogP contribution is 2.40. The van der Waals surface area contributed by atoms with Gasteiger partial charge in [0, 0.05) is 37.0 Å². The van der Waals surface area contributed by atoms with E-state index >= 15 is 0 Å². The molecular weight excluding hydrogens is 588 g/mol. The van der Waals surface area contributed by atoms with E-state index in [9.17, 15) is 24.3 Å². The highest BCUT2D eigenvalue weighted by Gasteiger charge is 2.43. The van der Waals surface area contributed by atoms with E-state index in [0.717, 1.165) is 64.2 Å². The molecule has 2 saturated carbocycles. The number of carboxylic acid groups (broad SMARTS) is 1. The van der Waals surface area contributed by atoms with Crippen LogP contribution in [0.3, 0.4) is 0 Å². The van der Waals surface area contributed by atoms with Crippen LogP contribution in [-0.4, -0.2) is 92.8 Å². The lowest BCUT2D eigenvalue weighted by atomic mass is 9.76. The monoisotopic (exact) mass is 652 g/mol. The molecule has 2 rings (SSSR count). The van der Waals surface area contributed by atoms with Gasteiger partial charge in [0.05, 0.1) is 13.1 Å². The molecule has 10 heteroatoms. The number of ether oxygens (including phenoxy) is 3. The van der Waals surface area contributed by atoms with Crippen LogP contribution in [0.4, 0.5) is 0 Å². The second-order valence-corrected chi connectivity index (χ2v) is 16.6. The van der Waals surface area contributed by atoms with Gasteiger partial charge in [-0.15, -0.1) is 0 Å². The Kier molecular flexibility index (Phi) is 14.6. The second-order valence-electron chi connectivity index (χ2n) is 16.6. The Bertz CT molecular complexity index is 1010. The van der Waals surface area contributed by atoms with E-state index in [-0.39, 0.29) is 43.8 Å². The zero-order valence-electron chi connectivity index (χ0n) is 30.4. The van der Waals surface area contributed by atoms with Gasteiger partial charge >= 0.3 is 23.9 Å². The zero-order valence-corrected chi connectivity index (χ0v) is 30.4. The fourth-order valence-corrected chi connectivity index (χ4v) is 7.20. The summed E-state index contributed by atoms with van der Waals surface area (Å²) in [5.74, 6) is -1.77. The van der Waals surface area contributed by atoms with E-state index < -0.39 is 33.9 Å². The van der Waals surface area contributed by atoms with Crippen LogP contribution >= 0.6 is 0 Å². The Hall–Kier alpha value is -2.20. The molecule has 2 aliphatic carbocycles. The normalized spacial score (nSPS) is 18.7. The van der Waals surface area contributed by atoms with Crippen molar-refractivity contribution in [2.75, 3.05) is 26.2 Å². The van der Waals surface area contributed by atoms with Crippen LogP contribution in [-0.2, 0) is 33.4 Å². The molecule has 0 atom stereocenters. The number of nitrogens with zero attached hydrogens (tertiary/aromatic N) is 2. The molecule has 46 heavy (non-hydrogen) atoms. The molecule has 0 aromatic carbocycles. The van der Waals surface area contributed by atoms with E-state index in [1.54, 1.807) is 0 Å². The van der Waals surface area contributed by atoms with E-state index in [2.05, 4.69) is 9.80 Å². The first-order valence-electron chi connectivity index (χ1n) is 17.5. The van der Waals surface area contributed by atoms with E-state index in [4.69, 9.17) is 14.2 Å². The molecular formula is C36H64N2O8. The second kappa shape index (κ2) is 16.8. The quantitative estimate of drug-likeness (QED) is 0.152. The number of esters is 3. The molecule has 0 unspecified atom stereocenters. The predicted molar refractivity (Wildman–Crippen MR) is 178 cm³/mol. The summed E-state index contributed by atoms with van der Waals surface area (Å²) in [7, 11) is 0.